The van der Waals surface area contributed by atoms with E-state index in [9.17, 15) is 9.59 Å². The third-order valence-electron chi connectivity index (χ3n) is 5.54. The van der Waals surface area contributed by atoms with Crippen LogP contribution in [0.15, 0.2) is 49.2 Å². The number of anilines is 2. The predicted octanol–water partition coefficient (Wildman–Crippen LogP) is 4.18. The zero-order valence-electron chi connectivity index (χ0n) is 19.9. The fraction of sp³-hybridized carbons (Fsp3) is 0.333. The van der Waals surface area contributed by atoms with E-state index < -0.39 is 6.04 Å². The van der Waals surface area contributed by atoms with Gasteiger partial charge in [-0.3, -0.25) is 9.59 Å². The quantitative estimate of drug-likeness (QED) is 0.427. The molecule has 3 heterocycles. The van der Waals surface area contributed by atoms with Crippen LogP contribution in [0.25, 0.3) is 11.0 Å². The van der Waals surface area contributed by atoms with Crippen molar-refractivity contribution in [3.63, 3.8) is 0 Å². The molecule has 10 nitrogen and oxygen atoms in total. The highest BCUT2D eigenvalue weighted by Gasteiger charge is 2.19. The summed E-state index contributed by atoms with van der Waals surface area (Å²) in [6.07, 6.45) is 4.57. The largest absolute Gasteiger partial charge is 0.324 e. The minimum Gasteiger partial charge on any atom is -0.324 e. The third-order valence-corrected chi connectivity index (χ3v) is 5.54. The normalized spacial score (nSPS) is 12.3. The first-order valence-corrected chi connectivity index (χ1v) is 11.2. The SMILES string of the molecule is CC(C)c1cc(C(=O)Nc2ccc(NC(=O)[C@H](C)n3cncn3)cc2)c2cnn(C(C)C)c2n1. The van der Waals surface area contributed by atoms with Gasteiger partial charge < -0.3 is 10.6 Å². The molecule has 4 aromatic rings. The van der Waals surface area contributed by atoms with Crippen LogP contribution in [0.3, 0.4) is 0 Å². The first kappa shape index (κ1) is 23.1. The van der Waals surface area contributed by atoms with Gasteiger partial charge in [-0.15, -0.1) is 0 Å². The molecule has 3 aromatic heterocycles. The van der Waals surface area contributed by atoms with E-state index in [2.05, 4.69) is 25.8 Å². The van der Waals surface area contributed by atoms with E-state index in [1.54, 1.807) is 37.4 Å². The topological polar surface area (TPSA) is 120 Å². The van der Waals surface area contributed by atoms with Gasteiger partial charge in [-0.25, -0.2) is 19.3 Å². The van der Waals surface area contributed by atoms with Gasteiger partial charge in [0.05, 0.1) is 17.1 Å². The highest BCUT2D eigenvalue weighted by Crippen LogP contribution is 2.25. The number of carbonyl (C=O) groups excluding carboxylic acids is 2. The second-order valence-electron chi connectivity index (χ2n) is 8.74. The molecule has 2 N–H and O–H groups in total. The molecule has 0 aliphatic carbocycles. The van der Waals surface area contributed by atoms with Crippen molar-refractivity contribution in [2.45, 2.75) is 52.6 Å². The lowest BCUT2D eigenvalue weighted by Gasteiger charge is -2.13. The Morgan fingerprint density at radius 2 is 1.62 bits per heavy atom. The van der Waals surface area contributed by atoms with Gasteiger partial charge >= 0.3 is 0 Å². The molecule has 0 unspecified atom stereocenters. The molecule has 1 aromatic carbocycles. The number of aromatic nitrogens is 6. The lowest BCUT2D eigenvalue weighted by molar-refractivity contribution is -0.119. The molecular weight excluding hydrogens is 432 g/mol. The van der Waals surface area contributed by atoms with Gasteiger partial charge in [-0.2, -0.15) is 10.2 Å². The van der Waals surface area contributed by atoms with Crippen molar-refractivity contribution in [3.8, 4) is 0 Å². The summed E-state index contributed by atoms with van der Waals surface area (Å²) < 4.78 is 3.31. The zero-order chi connectivity index (χ0) is 24.4. The molecule has 34 heavy (non-hydrogen) atoms. The molecule has 1 atom stereocenters. The molecule has 0 aliphatic heterocycles. The Morgan fingerprint density at radius 3 is 2.21 bits per heavy atom. The summed E-state index contributed by atoms with van der Waals surface area (Å²) >= 11 is 0. The maximum absolute atomic E-state index is 13.2. The van der Waals surface area contributed by atoms with E-state index in [1.807, 2.05) is 38.4 Å². The van der Waals surface area contributed by atoms with Crippen molar-refractivity contribution in [3.05, 3.63) is 60.4 Å². The van der Waals surface area contributed by atoms with Crippen LogP contribution in [0.2, 0.25) is 0 Å². The summed E-state index contributed by atoms with van der Waals surface area (Å²) in [7, 11) is 0. The molecule has 10 heteroatoms. The maximum Gasteiger partial charge on any atom is 0.256 e. The van der Waals surface area contributed by atoms with E-state index in [-0.39, 0.29) is 23.8 Å². The highest BCUT2D eigenvalue weighted by molar-refractivity contribution is 6.12. The van der Waals surface area contributed by atoms with Gasteiger partial charge in [0, 0.05) is 23.1 Å². The molecular formula is C24H28N8O2. The van der Waals surface area contributed by atoms with E-state index in [0.717, 1.165) is 5.69 Å². The molecule has 4 rings (SSSR count). The second kappa shape index (κ2) is 9.42. The highest BCUT2D eigenvalue weighted by atomic mass is 16.2. The van der Waals surface area contributed by atoms with Crippen molar-refractivity contribution in [1.29, 1.82) is 0 Å². The van der Waals surface area contributed by atoms with Crippen molar-refractivity contribution < 1.29 is 9.59 Å². The zero-order valence-corrected chi connectivity index (χ0v) is 19.9. The van der Waals surface area contributed by atoms with Gasteiger partial charge in [-0.1, -0.05) is 13.8 Å². The Labute approximate surface area is 197 Å². The van der Waals surface area contributed by atoms with Crippen molar-refractivity contribution in [1.82, 2.24) is 29.5 Å². The summed E-state index contributed by atoms with van der Waals surface area (Å²) in [5.74, 6) is -0.298. The first-order valence-electron chi connectivity index (χ1n) is 11.2. The number of carbonyl (C=O) groups is 2. The van der Waals surface area contributed by atoms with E-state index in [4.69, 9.17) is 4.98 Å². The van der Waals surface area contributed by atoms with Crippen LogP contribution in [0.5, 0.6) is 0 Å². The van der Waals surface area contributed by atoms with Crippen LogP contribution in [0, 0.1) is 0 Å². The number of hydrogen-bond acceptors (Lipinski definition) is 6. The Bertz CT molecular complexity index is 1310. The van der Waals surface area contributed by atoms with Gasteiger partial charge in [0.1, 0.15) is 18.7 Å². The molecule has 0 spiro atoms. The second-order valence-corrected chi connectivity index (χ2v) is 8.74. The first-order chi connectivity index (χ1) is 16.2. The maximum atomic E-state index is 13.2. The number of nitrogens with zero attached hydrogens (tertiary/aromatic N) is 6. The summed E-state index contributed by atoms with van der Waals surface area (Å²) in [6, 6.07) is 8.41. The van der Waals surface area contributed by atoms with Crippen LogP contribution in [0.4, 0.5) is 11.4 Å². The fourth-order valence-electron chi connectivity index (χ4n) is 3.52. The summed E-state index contributed by atoms with van der Waals surface area (Å²) in [4.78, 5) is 34.3. The van der Waals surface area contributed by atoms with Gasteiger partial charge in [0.2, 0.25) is 5.91 Å². The molecule has 0 aliphatic rings. The monoisotopic (exact) mass is 460 g/mol. The van der Waals surface area contributed by atoms with Crippen LogP contribution < -0.4 is 10.6 Å². The minimum atomic E-state index is -0.502. The Morgan fingerprint density at radius 1 is 0.941 bits per heavy atom. The Balaban J connectivity index is 1.52. The number of hydrogen-bond donors (Lipinski definition) is 2. The average Bonchev–Trinajstić information content (AvgIpc) is 3.49. The summed E-state index contributed by atoms with van der Waals surface area (Å²) in [6.45, 7) is 9.89. The average molecular weight is 461 g/mol. The van der Waals surface area contributed by atoms with Crippen LogP contribution in [-0.4, -0.2) is 41.3 Å². The smallest absolute Gasteiger partial charge is 0.256 e. The van der Waals surface area contributed by atoms with Crippen LogP contribution in [-0.2, 0) is 4.79 Å². The lowest BCUT2D eigenvalue weighted by atomic mass is 10.0. The number of amides is 2. The molecule has 0 radical (unpaired) electrons. The third kappa shape index (κ3) is 4.66. The lowest BCUT2D eigenvalue weighted by Crippen LogP contribution is -2.24. The number of fused-ring (bicyclic) bond motifs is 1. The van der Waals surface area contributed by atoms with Crippen molar-refractivity contribution in [2.24, 2.45) is 0 Å². The molecule has 2 amide bonds. The number of pyridine rings is 1. The summed E-state index contributed by atoms with van der Waals surface area (Å²) in [5, 5.41) is 14.9. The molecule has 0 bridgehead atoms. The summed E-state index contributed by atoms with van der Waals surface area (Å²) in [5.41, 5.74) is 3.28. The Kier molecular flexibility index (Phi) is 6.40. The number of benzene rings is 1. The number of nitrogens with one attached hydrogen (secondary N) is 2. The van der Waals surface area contributed by atoms with Gasteiger partial charge in [0.15, 0.2) is 5.65 Å². The Hall–Kier alpha value is -4.08. The van der Waals surface area contributed by atoms with Crippen LogP contribution >= 0.6 is 0 Å². The van der Waals surface area contributed by atoms with E-state index in [1.165, 1.54) is 17.3 Å². The van der Waals surface area contributed by atoms with Gasteiger partial charge in [0.25, 0.3) is 5.91 Å². The van der Waals surface area contributed by atoms with Gasteiger partial charge in [-0.05, 0) is 57.0 Å². The molecule has 176 valence electrons. The predicted molar refractivity (Wildman–Crippen MR) is 130 cm³/mol. The molecule has 0 saturated carbocycles. The van der Waals surface area contributed by atoms with E-state index >= 15 is 0 Å². The minimum absolute atomic E-state index is 0.123. The van der Waals surface area contributed by atoms with Crippen molar-refractivity contribution in [2.75, 3.05) is 10.6 Å². The number of rotatable bonds is 7. The molecule has 0 fully saturated rings. The fourth-order valence-corrected chi connectivity index (χ4v) is 3.52. The van der Waals surface area contributed by atoms with Crippen molar-refractivity contribution >= 4 is 34.2 Å². The molecule has 0 saturated heterocycles. The van der Waals surface area contributed by atoms with E-state index in [0.29, 0.717) is 28.0 Å². The van der Waals surface area contributed by atoms with Crippen LogP contribution in [0.1, 0.15) is 68.7 Å². The standard InChI is InChI=1S/C24H28N8O2/c1-14(2)21-10-19(20-11-26-32(15(3)4)22(20)30-21)24(34)29-18-8-6-17(7-9-18)28-23(33)16(5)31-13-25-12-27-31/h6-16H,1-5H3,(H,28,33)(H,29,34)/t16-/m0/s1.